The molecular weight excluding hydrogens is 375 g/mol. The van der Waals surface area contributed by atoms with E-state index in [1.165, 1.54) is 0 Å². The summed E-state index contributed by atoms with van der Waals surface area (Å²) >= 11 is 11.9. The molecule has 8 heteroatoms. The summed E-state index contributed by atoms with van der Waals surface area (Å²) in [6, 6.07) is 12.6. The Hall–Kier alpha value is -2.57. The molecule has 1 amide bonds. The highest BCUT2D eigenvalue weighted by Crippen LogP contribution is 2.27. The maximum atomic E-state index is 12.0. The average Bonchev–Trinajstić information content (AvgIpc) is 2.97. The monoisotopic (exact) mass is 390 g/mol. The van der Waals surface area contributed by atoms with Crippen molar-refractivity contribution < 1.29 is 9.53 Å². The number of para-hydroxylation sites is 2. The maximum absolute atomic E-state index is 12.0. The zero-order valence-electron chi connectivity index (χ0n) is 14.2. The van der Waals surface area contributed by atoms with E-state index in [0.29, 0.717) is 27.3 Å². The van der Waals surface area contributed by atoms with Crippen LogP contribution in [0.5, 0.6) is 5.75 Å². The van der Waals surface area contributed by atoms with Crippen molar-refractivity contribution >= 4 is 45.9 Å². The number of aryl methyl sites for hydroxylation is 1. The Kier molecular flexibility index (Phi) is 5.44. The number of nitrogens with one attached hydrogen (secondary N) is 1. The highest BCUT2D eigenvalue weighted by atomic mass is 35.5. The van der Waals surface area contributed by atoms with Gasteiger partial charge in [-0.1, -0.05) is 35.3 Å². The van der Waals surface area contributed by atoms with Crippen LogP contribution in [0.15, 0.2) is 47.6 Å². The van der Waals surface area contributed by atoms with Gasteiger partial charge in [0.1, 0.15) is 11.5 Å². The summed E-state index contributed by atoms with van der Waals surface area (Å²) in [6.45, 7) is 1.54. The molecule has 0 aliphatic carbocycles. The standard InChI is InChI=1S/C18H16Cl2N4O2/c1-11(18-21-14-5-3-4-6-15(14)24(18)2)22-23-17(25)10-26-16-9-12(19)7-8-13(16)20/h3-9H,10H2,1-2H3,(H,23,25). The third kappa shape index (κ3) is 3.98. The quantitative estimate of drug-likeness (QED) is 0.531. The molecule has 0 fully saturated rings. The number of rotatable bonds is 5. The number of halogens is 2. The smallest absolute Gasteiger partial charge is 0.277 e. The lowest BCUT2D eigenvalue weighted by Gasteiger charge is -2.07. The Morgan fingerprint density at radius 3 is 2.81 bits per heavy atom. The Balaban J connectivity index is 1.65. The summed E-state index contributed by atoms with van der Waals surface area (Å²) < 4.78 is 7.29. The van der Waals surface area contributed by atoms with Crippen LogP contribution in [0.1, 0.15) is 12.7 Å². The summed E-state index contributed by atoms with van der Waals surface area (Å²) in [7, 11) is 1.90. The van der Waals surface area contributed by atoms with E-state index in [4.69, 9.17) is 27.9 Å². The largest absolute Gasteiger partial charge is 0.482 e. The van der Waals surface area contributed by atoms with Gasteiger partial charge < -0.3 is 9.30 Å². The summed E-state index contributed by atoms with van der Waals surface area (Å²) in [5.74, 6) is 0.592. The molecule has 0 saturated carbocycles. The summed E-state index contributed by atoms with van der Waals surface area (Å²) in [4.78, 5) is 16.5. The van der Waals surface area contributed by atoms with Crippen LogP contribution in [0.25, 0.3) is 11.0 Å². The SMILES string of the molecule is CC(=NNC(=O)COc1cc(Cl)ccc1Cl)c1nc2ccccc2n1C. The van der Waals surface area contributed by atoms with Gasteiger partial charge in [0.25, 0.3) is 5.91 Å². The van der Waals surface area contributed by atoms with Crippen LogP contribution in [0.4, 0.5) is 0 Å². The van der Waals surface area contributed by atoms with Gasteiger partial charge in [0, 0.05) is 18.1 Å². The number of imidazole rings is 1. The number of ether oxygens (including phenoxy) is 1. The molecule has 0 unspecified atom stereocenters. The molecule has 0 saturated heterocycles. The van der Waals surface area contributed by atoms with Crippen molar-refractivity contribution in [3.63, 3.8) is 0 Å². The van der Waals surface area contributed by atoms with Crippen molar-refractivity contribution in [1.82, 2.24) is 15.0 Å². The first-order valence-electron chi connectivity index (χ1n) is 7.78. The molecule has 3 rings (SSSR count). The Bertz CT molecular complexity index is 998. The zero-order chi connectivity index (χ0) is 18.7. The Morgan fingerprint density at radius 1 is 1.27 bits per heavy atom. The van der Waals surface area contributed by atoms with Gasteiger partial charge in [-0.2, -0.15) is 5.10 Å². The topological polar surface area (TPSA) is 68.5 Å². The third-order valence-electron chi connectivity index (χ3n) is 3.71. The van der Waals surface area contributed by atoms with Gasteiger partial charge in [-0.3, -0.25) is 4.79 Å². The lowest BCUT2D eigenvalue weighted by molar-refractivity contribution is -0.123. The second-order valence-electron chi connectivity index (χ2n) is 5.58. The van der Waals surface area contributed by atoms with E-state index in [9.17, 15) is 4.79 Å². The zero-order valence-corrected chi connectivity index (χ0v) is 15.7. The van der Waals surface area contributed by atoms with E-state index in [2.05, 4.69) is 15.5 Å². The fraction of sp³-hybridized carbons (Fsp3) is 0.167. The first kappa shape index (κ1) is 18.2. The van der Waals surface area contributed by atoms with Gasteiger partial charge in [-0.15, -0.1) is 0 Å². The van der Waals surface area contributed by atoms with Crippen LogP contribution >= 0.6 is 23.2 Å². The number of carbonyl (C=O) groups is 1. The number of nitrogens with zero attached hydrogens (tertiary/aromatic N) is 3. The lowest BCUT2D eigenvalue weighted by atomic mass is 10.3. The Labute approximate surface area is 160 Å². The number of aromatic nitrogens is 2. The second kappa shape index (κ2) is 7.76. The van der Waals surface area contributed by atoms with Gasteiger partial charge in [-0.25, -0.2) is 10.4 Å². The number of hydrogen-bond donors (Lipinski definition) is 1. The predicted octanol–water partition coefficient (Wildman–Crippen LogP) is 3.80. The Morgan fingerprint density at radius 2 is 2.04 bits per heavy atom. The van der Waals surface area contributed by atoms with Crippen molar-refractivity contribution in [2.75, 3.05) is 6.61 Å². The van der Waals surface area contributed by atoms with Crippen LogP contribution in [-0.2, 0) is 11.8 Å². The molecule has 3 aromatic rings. The lowest BCUT2D eigenvalue weighted by Crippen LogP contribution is -2.26. The van der Waals surface area contributed by atoms with Crippen LogP contribution in [0, 0.1) is 0 Å². The van der Waals surface area contributed by atoms with Crippen molar-refractivity contribution in [2.24, 2.45) is 12.1 Å². The summed E-state index contributed by atoms with van der Waals surface area (Å²) in [5.41, 5.74) is 4.89. The minimum atomic E-state index is -0.417. The molecule has 0 bridgehead atoms. The van der Waals surface area contributed by atoms with Crippen molar-refractivity contribution in [3.8, 4) is 5.75 Å². The van der Waals surface area contributed by atoms with E-state index in [1.807, 2.05) is 35.9 Å². The molecule has 0 aliphatic heterocycles. The minimum absolute atomic E-state index is 0.237. The molecule has 1 heterocycles. The van der Waals surface area contributed by atoms with Gasteiger partial charge in [0.05, 0.1) is 16.1 Å². The molecule has 0 radical (unpaired) electrons. The number of benzene rings is 2. The molecule has 1 aromatic heterocycles. The molecular formula is C18H16Cl2N4O2. The first-order chi connectivity index (χ1) is 12.5. The van der Waals surface area contributed by atoms with E-state index in [0.717, 1.165) is 11.0 Å². The predicted molar refractivity (Wildman–Crippen MR) is 103 cm³/mol. The van der Waals surface area contributed by atoms with Crippen LogP contribution in [-0.4, -0.2) is 27.8 Å². The highest BCUT2D eigenvalue weighted by Gasteiger charge is 2.11. The van der Waals surface area contributed by atoms with Gasteiger partial charge in [0.2, 0.25) is 0 Å². The summed E-state index contributed by atoms with van der Waals surface area (Å²) in [6.07, 6.45) is 0. The molecule has 6 nitrogen and oxygen atoms in total. The molecule has 1 N–H and O–H groups in total. The van der Waals surface area contributed by atoms with E-state index in [-0.39, 0.29) is 6.61 Å². The fourth-order valence-corrected chi connectivity index (χ4v) is 2.76. The second-order valence-corrected chi connectivity index (χ2v) is 6.42. The number of carbonyl (C=O) groups excluding carboxylic acids is 1. The van der Waals surface area contributed by atoms with Crippen LogP contribution < -0.4 is 10.2 Å². The molecule has 0 aliphatic rings. The van der Waals surface area contributed by atoms with Gasteiger partial charge >= 0.3 is 0 Å². The van der Waals surface area contributed by atoms with Crippen LogP contribution in [0.3, 0.4) is 0 Å². The minimum Gasteiger partial charge on any atom is -0.482 e. The molecule has 26 heavy (non-hydrogen) atoms. The number of hydrogen-bond acceptors (Lipinski definition) is 4. The highest BCUT2D eigenvalue weighted by molar-refractivity contribution is 6.34. The van der Waals surface area contributed by atoms with Crippen molar-refractivity contribution in [2.45, 2.75) is 6.92 Å². The van der Waals surface area contributed by atoms with E-state index in [1.54, 1.807) is 25.1 Å². The number of hydrazone groups is 1. The van der Waals surface area contributed by atoms with Crippen molar-refractivity contribution in [3.05, 3.63) is 58.3 Å². The van der Waals surface area contributed by atoms with E-state index < -0.39 is 5.91 Å². The average molecular weight is 391 g/mol. The summed E-state index contributed by atoms with van der Waals surface area (Å²) in [5, 5.41) is 4.95. The first-order valence-corrected chi connectivity index (χ1v) is 8.54. The number of amides is 1. The maximum Gasteiger partial charge on any atom is 0.277 e. The van der Waals surface area contributed by atoms with Gasteiger partial charge in [0.15, 0.2) is 12.4 Å². The fourth-order valence-electron chi connectivity index (χ4n) is 2.43. The molecule has 0 spiro atoms. The number of fused-ring (bicyclic) bond motifs is 1. The molecule has 2 aromatic carbocycles. The van der Waals surface area contributed by atoms with Crippen molar-refractivity contribution in [1.29, 1.82) is 0 Å². The molecule has 0 atom stereocenters. The van der Waals surface area contributed by atoms with Crippen LogP contribution in [0.2, 0.25) is 10.0 Å². The van der Waals surface area contributed by atoms with E-state index >= 15 is 0 Å². The normalized spacial score (nSPS) is 11.6. The van der Waals surface area contributed by atoms with Gasteiger partial charge in [-0.05, 0) is 31.2 Å². The molecule has 134 valence electrons. The third-order valence-corrected chi connectivity index (χ3v) is 4.26.